The molecule has 8 heteroatoms. The molecule has 7 nitrogen and oxygen atoms in total. The summed E-state index contributed by atoms with van der Waals surface area (Å²) in [6, 6.07) is 0.852. The Morgan fingerprint density at radius 1 is 1.55 bits per heavy atom. The van der Waals surface area contributed by atoms with Crippen molar-refractivity contribution < 1.29 is 19.2 Å². The molecule has 1 aliphatic heterocycles. The van der Waals surface area contributed by atoms with Gasteiger partial charge < -0.3 is 14.5 Å². The SMILES string of the molecule is Cc1noc2ncc(C(=O)N3CSC[C@H]3C(=O)O)cc12. The normalized spacial score (nSPS) is 18.6. The lowest BCUT2D eigenvalue weighted by Gasteiger charge is -2.20. The van der Waals surface area contributed by atoms with Crippen molar-refractivity contribution in [1.29, 1.82) is 0 Å². The Balaban J connectivity index is 1.95. The molecule has 0 aromatic carbocycles. The molecule has 20 heavy (non-hydrogen) atoms. The van der Waals surface area contributed by atoms with E-state index in [4.69, 9.17) is 9.63 Å². The minimum Gasteiger partial charge on any atom is -0.480 e. The Hall–Kier alpha value is -2.09. The molecule has 0 unspecified atom stereocenters. The van der Waals surface area contributed by atoms with Crippen molar-refractivity contribution >= 4 is 34.7 Å². The van der Waals surface area contributed by atoms with E-state index < -0.39 is 12.0 Å². The lowest BCUT2D eigenvalue weighted by atomic mass is 10.1. The van der Waals surface area contributed by atoms with Gasteiger partial charge in [-0.15, -0.1) is 11.8 Å². The number of pyridine rings is 1. The quantitative estimate of drug-likeness (QED) is 0.886. The van der Waals surface area contributed by atoms with Crippen LogP contribution in [0.1, 0.15) is 16.1 Å². The molecule has 3 rings (SSSR count). The highest BCUT2D eigenvalue weighted by molar-refractivity contribution is 7.99. The summed E-state index contributed by atoms with van der Waals surface area (Å²) in [7, 11) is 0. The third kappa shape index (κ3) is 2.01. The van der Waals surface area contributed by atoms with E-state index in [1.807, 2.05) is 0 Å². The zero-order valence-corrected chi connectivity index (χ0v) is 11.4. The molecule has 1 fully saturated rings. The number of carbonyl (C=O) groups excluding carboxylic acids is 1. The lowest BCUT2D eigenvalue weighted by Crippen LogP contribution is -2.41. The first kappa shape index (κ1) is 12.9. The first-order valence-corrected chi connectivity index (χ1v) is 7.07. The third-order valence-corrected chi connectivity index (χ3v) is 4.20. The number of amides is 1. The van der Waals surface area contributed by atoms with Gasteiger partial charge >= 0.3 is 5.97 Å². The Morgan fingerprint density at radius 3 is 3.10 bits per heavy atom. The molecular formula is C12H11N3O4S. The number of aryl methyl sites for hydroxylation is 1. The summed E-state index contributed by atoms with van der Waals surface area (Å²) in [6.07, 6.45) is 1.39. The summed E-state index contributed by atoms with van der Waals surface area (Å²) in [6.45, 7) is 1.76. The maximum absolute atomic E-state index is 12.4. The van der Waals surface area contributed by atoms with E-state index in [1.54, 1.807) is 13.0 Å². The van der Waals surface area contributed by atoms with E-state index in [2.05, 4.69) is 10.1 Å². The molecule has 0 bridgehead atoms. The van der Waals surface area contributed by atoms with Crippen LogP contribution in [0.4, 0.5) is 0 Å². The number of carboxylic acids is 1. The van der Waals surface area contributed by atoms with E-state index in [-0.39, 0.29) is 5.91 Å². The molecule has 2 aromatic rings. The van der Waals surface area contributed by atoms with Crippen LogP contribution in [0.15, 0.2) is 16.8 Å². The van der Waals surface area contributed by atoms with Crippen molar-refractivity contribution in [1.82, 2.24) is 15.0 Å². The molecule has 2 aromatic heterocycles. The van der Waals surface area contributed by atoms with Crippen LogP contribution in [0.3, 0.4) is 0 Å². The molecular weight excluding hydrogens is 282 g/mol. The molecule has 0 aliphatic carbocycles. The van der Waals surface area contributed by atoms with Gasteiger partial charge in [0.2, 0.25) is 0 Å². The number of aliphatic carboxylic acids is 1. The predicted molar refractivity (Wildman–Crippen MR) is 71.5 cm³/mol. The summed E-state index contributed by atoms with van der Waals surface area (Å²) >= 11 is 1.42. The number of carbonyl (C=O) groups is 2. The smallest absolute Gasteiger partial charge is 0.327 e. The van der Waals surface area contributed by atoms with Gasteiger partial charge in [-0.1, -0.05) is 5.16 Å². The molecule has 0 spiro atoms. The van der Waals surface area contributed by atoms with Crippen molar-refractivity contribution in [2.75, 3.05) is 11.6 Å². The van der Waals surface area contributed by atoms with Crippen LogP contribution >= 0.6 is 11.8 Å². The number of hydrogen-bond acceptors (Lipinski definition) is 6. The number of nitrogens with zero attached hydrogens (tertiary/aromatic N) is 3. The van der Waals surface area contributed by atoms with Crippen LogP contribution in [0.5, 0.6) is 0 Å². The van der Waals surface area contributed by atoms with Gasteiger partial charge in [0, 0.05) is 11.9 Å². The molecule has 1 atom stereocenters. The average molecular weight is 293 g/mol. The van der Waals surface area contributed by atoms with Crippen molar-refractivity contribution in [2.24, 2.45) is 0 Å². The second-order valence-electron chi connectivity index (χ2n) is 4.47. The molecule has 0 radical (unpaired) electrons. The van der Waals surface area contributed by atoms with Crippen molar-refractivity contribution in [3.05, 3.63) is 23.5 Å². The number of thioether (sulfide) groups is 1. The van der Waals surface area contributed by atoms with Gasteiger partial charge in [-0.2, -0.15) is 0 Å². The van der Waals surface area contributed by atoms with E-state index in [0.717, 1.165) is 0 Å². The van der Waals surface area contributed by atoms with Crippen LogP contribution in [0.2, 0.25) is 0 Å². The van der Waals surface area contributed by atoms with Gasteiger partial charge in [-0.05, 0) is 13.0 Å². The fraction of sp³-hybridized carbons (Fsp3) is 0.333. The second-order valence-corrected chi connectivity index (χ2v) is 5.47. The highest BCUT2D eigenvalue weighted by atomic mass is 32.2. The lowest BCUT2D eigenvalue weighted by molar-refractivity contribution is -0.140. The van der Waals surface area contributed by atoms with E-state index in [9.17, 15) is 9.59 Å². The van der Waals surface area contributed by atoms with Crippen LogP contribution in [-0.2, 0) is 4.79 Å². The largest absolute Gasteiger partial charge is 0.480 e. The van der Waals surface area contributed by atoms with Crippen molar-refractivity contribution in [3.8, 4) is 0 Å². The van der Waals surface area contributed by atoms with E-state index >= 15 is 0 Å². The van der Waals surface area contributed by atoms with Crippen LogP contribution < -0.4 is 0 Å². The van der Waals surface area contributed by atoms with Crippen LogP contribution in [-0.4, -0.2) is 49.7 Å². The minimum atomic E-state index is -0.987. The number of hydrogen-bond donors (Lipinski definition) is 1. The highest BCUT2D eigenvalue weighted by Crippen LogP contribution is 2.24. The molecule has 104 valence electrons. The molecule has 1 aliphatic rings. The molecule has 1 amide bonds. The first-order valence-electron chi connectivity index (χ1n) is 5.91. The van der Waals surface area contributed by atoms with Crippen molar-refractivity contribution in [2.45, 2.75) is 13.0 Å². The molecule has 1 N–H and O–H groups in total. The first-order chi connectivity index (χ1) is 9.58. The van der Waals surface area contributed by atoms with Crippen LogP contribution in [0.25, 0.3) is 11.1 Å². The summed E-state index contributed by atoms with van der Waals surface area (Å²) in [5.74, 6) is -0.546. The number of rotatable bonds is 2. The number of aromatic nitrogens is 2. The van der Waals surface area contributed by atoms with Crippen LogP contribution in [0, 0.1) is 6.92 Å². The molecule has 0 saturated carbocycles. The van der Waals surface area contributed by atoms with Gasteiger partial charge in [0.15, 0.2) is 0 Å². The standard InChI is InChI=1S/C12H11N3O4S/c1-6-8-2-7(3-13-10(8)19-14-6)11(16)15-5-20-4-9(15)12(17)18/h2-3,9H,4-5H2,1H3,(H,17,18)/t9-/m0/s1. The zero-order chi connectivity index (χ0) is 14.3. The maximum atomic E-state index is 12.4. The average Bonchev–Trinajstić information content (AvgIpc) is 3.05. The Bertz CT molecular complexity index is 699. The summed E-state index contributed by atoms with van der Waals surface area (Å²) in [5.41, 5.74) is 1.36. The zero-order valence-electron chi connectivity index (χ0n) is 10.6. The number of fused-ring (bicyclic) bond motifs is 1. The van der Waals surface area contributed by atoms with E-state index in [1.165, 1.54) is 22.9 Å². The summed E-state index contributed by atoms with van der Waals surface area (Å²) in [4.78, 5) is 28.9. The highest BCUT2D eigenvalue weighted by Gasteiger charge is 2.35. The number of carboxylic acid groups (broad SMARTS) is 1. The monoisotopic (exact) mass is 293 g/mol. The molecule has 1 saturated heterocycles. The Kier molecular flexibility index (Phi) is 3.09. The molecule has 3 heterocycles. The van der Waals surface area contributed by atoms with Gasteiger partial charge in [0.1, 0.15) is 6.04 Å². The van der Waals surface area contributed by atoms with Gasteiger partial charge in [-0.3, -0.25) is 4.79 Å². The van der Waals surface area contributed by atoms with Crippen molar-refractivity contribution in [3.63, 3.8) is 0 Å². The summed E-state index contributed by atoms with van der Waals surface area (Å²) in [5, 5.41) is 13.6. The van der Waals surface area contributed by atoms with Gasteiger partial charge in [-0.25, -0.2) is 9.78 Å². The summed E-state index contributed by atoms with van der Waals surface area (Å²) < 4.78 is 4.98. The second kappa shape index (κ2) is 4.78. The minimum absolute atomic E-state index is 0.336. The third-order valence-electron chi connectivity index (χ3n) is 3.19. The fourth-order valence-electron chi connectivity index (χ4n) is 2.08. The van der Waals surface area contributed by atoms with Gasteiger partial charge in [0.05, 0.1) is 22.5 Å². The predicted octanol–water partition coefficient (Wildman–Crippen LogP) is 1.13. The Morgan fingerprint density at radius 2 is 2.35 bits per heavy atom. The van der Waals surface area contributed by atoms with E-state index in [0.29, 0.717) is 34.0 Å². The Labute approximate surface area is 117 Å². The topological polar surface area (TPSA) is 96.5 Å². The van der Waals surface area contributed by atoms with Gasteiger partial charge in [0.25, 0.3) is 11.6 Å². The fourth-order valence-corrected chi connectivity index (χ4v) is 3.22. The maximum Gasteiger partial charge on any atom is 0.327 e.